The van der Waals surface area contributed by atoms with Gasteiger partial charge >= 0.3 is 0 Å². The number of carbonyl (C=O) groups excluding carboxylic acids is 1. The van der Waals surface area contributed by atoms with Gasteiger partial charge in [-0.3, -0.25) is 9.69 Å². The molecule has 0 atom stereocenters. The fourth-order valence-electron chi connectivity index (χ4n) is 4.81. The van der Waals surface area contributed by atoms with Crippen molar-refractivity contribution in [3.63, 3.8) is 0 Å². The smallest absolute Gasteiger partial charge is 0.256 e. The Bertz CT molecular complexity index is 1350. The Hall–Kier alpha value is -3.22. The first-order chi connectivity index (χ1) is 16.8. The lowest BCUT2D eigenvalue weighted by Gasteiger charge is -2.40. The number of benzene rings is 1. The van der Waals surface area contributed by atoms with Crippen LogP contribution in [0, 0.1) is 0 Å². The number of piperidine rings is 1. The van der Waals surface area contributed by atoms with Crippen LogP contribution < -0.4 is 5.32 Å². The molecule has 6 nitrogen and oxygen atoms in total. The minimum atomic E-state index is -0.211. The highest BCUT2D eigenvalue weighted by Gasteiger charge is 2.28. The molecule has 1 saturated heterocycles. The molecule has 4 heterocycles. The second kappa shape index (κ2) is 9.44. The summed E-state index contributed by atoms with van der Waals surface area (Å²) in [7, 11) is 0. The third-order valence-corrected chi connectivity index (χ3v) is 7.12. The topological polar surface area (TPSA) is 73.9 Å². The van der Waals surface area contributed by atoms with Crippen LogP contribution in [0.15, 0.2) is 60.8 Å². The normalized spacial score (nSPS) is 15.4. The minimum absolute atomic E-state index is 0.198. The zero-order chi connectivity index (χ0) is 24.6. The van der Waals surface area contributed by atoms with E-state index in [0.717, 1.165) is 42.5 Å². The maximum Gasteiger partial charge on any atom is 0.256 e. The number of carbonyl (C=O) groups is 1. The number of hydrogen-bond donors (Lipinski definition) is 2. The Morgan fingerprint density at radius 2 is 1.83 bits per heavy atom. The highest BCUT2D eigenvalue weighted by atomic mass is 35.5. The van der Waals surface area contributed by atoms with Crippen LogP contribution in [-0.4, -0.2) is 44.4 Å². The maximum atomic E-state index is 12.6. The molecule has 1 aliphatic rings. The van der Waals surface area contributed by atoms with E-state index >= 15 is 0 Å². The Balaban J connectivity index is 1.43. The number of anilines is 1. The van der Waals surface area contributed by atoms with Crippen molar-refractivity contribution >= 4 is 34.4 Å². The van der Waals surface area contributed by atoms with Gasteiger partial charge in [0.25, 0.3) is 5.91 Å². The van der Waals surface area contributed by atoms with E-state index in [1.54, 1.807) is 30.5 Å². The maximum absolute atomic E-state index is 12.6. The van der Waals surface area contributed by atoms with E-state index < -0.39 is 0 Å². The van der Waals surface area contributed by atoms with E-state index in [0.29, 0.717) is 28.0 Å². The monoisotopic (exact) mass is 487 g/mol. The summed E-state index contributed by atoms with van der Waals surface area (Å²) in [6, 6.07) is 16.7. The Morgan fingerprint density at radius 3 is 2.54 bits per heavy atom. The van der Waals surface area contributed by atoms with E-state index in [4.69, 9.17) is 16.6 Å². The second-order valence-corrected chi connectivity index (χ2v) is 10.5. The van der Waals surface area contributed by atoms with Crippen LogP contribution in [-0.2, 0) is 0 Å². The highest BCUT2D eigenvalue weighted by molar-refractivity contribution is 6.33. The molecule has 3 aromatic heterocycles. The fourth-order valence-corrected chi connectivity index (χ4v) is 5.02. The van der Waals surface area contributed by atoms with Crippen LogP contribution in [0.1, 0.15) is 55.6 Å². The predicted octanol–water partition coefficient (Wildman–Crippen LogP) is 6.51. The molecule has 2 N–H and O–H groups in total. The van der Waals surface area contributed by atoms with Crippen LogP contribution in [0.3, 0.4) is 0 Å². The van der Waals surface area contributed by atoms with Crippen molar-refractivity contribution in [2.45, 2.75) is 45.1 Å². The van der Waals surface area contributed by atoms with Gasteiger partial charge in [0.05, 0.1) is 10.7 Å². The number of nitrogens with zero attached hydrogens (tertiary/aromatic N) is 3. The van der Waals surface area contributed by atoms with E-state index in [2.05, 4.69) is 47.0 Å². The number of hydrogen-bond acceptors (Lipinski definition) is 4. The molecule has 0 radical (unpaired) electrons. The Labute approximate surface area is 210 Å². The van der Waals surface area contributed by atoms with E-state index in [1.165, 1.54) is 5.69 Å². The van der Waals surface area contributed by atoms with Crippen molar-refractivity contribution < 1.29 is 4.79 Å². The number of rotatable bonds is 4. The number of fused-ring (bicyclic) bond motifs is 1. The summed E-state index contributed by atoms with van der Waals surface area (Å²) in [6.45, 7) is 9.00. The molecule has 4 aromatic rings. The molecule has 0 bridgehead atoms. The van der Waals surface area contributed by atoms with Crippen LogP contribution in [0.2, 0.25) is 5.02 Å². The quantitative estimate of drug-likeness (QED) is 0.344. The number of likely N-dealkylation sites (tertiary alicyclic amines) is 1. The Kier molecular flexibility index (Phi) is 6.34. The fraction of sp³-hybridized carbons (Fsp3) is 0.321. The van der Waals surface area contributed by atoms with Gasteiger partial charge in [0.1, 0.15) is 11.5 Å². The first kappa shape index (κ1) is 23.5. The van der Waals surface area contributed by atoms with E-state index in [-0.39, 0.29) is 11.4 Å². The molecule has 0 spiro atoms. The SMILES string of the molecule is CC(C)(C)N1CCC(c2cc3c(-c4nc(NC(=O)c5ccccc5)ccc4Cl)ccnc3[nH]2)CC1. The van der Waals surface area contributed by atoms with Crippen LogP contribution in [0.4, 0.5) is 5.82 Å². The zero-order valence-corrected chi connectivity index (χ0v) is 21.1. The molecule has 1 aliphatic heterocycles. The van der Waals surface area contributed by atoms with Gasteiger partial charge in [-0.15, -0.1) is 0 Å². The summed E-state index contributed by atoms with van der Waals surface area (Å²) in [6.07, 6.45) is 3.99. The van der Waals surface area contributed by atoms with Crippen LogP contribution >= 0.6 is 11.6 Å². The minimum Gasteiger partial charge on any atom is -0.343 e. The second-order valence-electron chi connectivity index (χ2n) is 10.1. The van der Waals surface area contributed by atoms with Crippen molar-refractivity contribution in [1.82, 2.24) is 19.9 Å². The first-order valence-corrected chi connectivity index (χ1v) is 12.4. The van der Waals surface area contributed by atoms with Gasteiger partial charge in [0, 0.05) is 39.9 Å². The zero-order valence-electron chi connectivity index (χ0n) is 20.3. The molecule has 7 heteroatoms. The first-order valence-electron chi connectivity index (χ1n) is 12.1. The van der Waals surface area contributed by atoms with Gasteiger partial charge in [0.15, 0.2) is 0 Å². The summed E-state index contributed by atoms with van der Waals surface area (Å²) in [5.74, 6) is 0.709. The number of aromatic amines is 1. The molecule has 5 rings (SSSR count). The number of nitrogens with one attached hydrogen (secondary N) is 2. The van der Waals surface area contributed by atoms with E-state index in [1.807, 2.05) is 24.3 Å². The molecule has 35 heavy (non-hydrogen) atoms. The van der Waals surface area contributed by atoms with Gasteiger partial charge in [-0.2, -0.15) is 0 Å². The van der Waals surface area contributed by atoms with Crippen LogP contribution in [0.25, 0.3) is 22.3 Å². The lowest BCUT2D eigenvalue weighted by molar-refractivity contribution is 0.101. The lowest BCUT2D eigenvalue weighted by Crippen LogP contribution is -2.45. The molecule has 0 aliphatic carbocycles. The number of amides is 1. The standard InChI is InChI=1S/C28H30ClN5O/c1-28(2,3)34-15-12-18(13-16-34)23-17-21-20(11-14-30-26(21)31-23)25-22(29)9-10-24(32-25)33-27(35)19-7-5-4-6-8-19/h4-11,14,17-18H,12-13,15-16H2,1-3H3,(H,30,31)(H,32,33,35). The molecule has 1 fully saturated rings. The van der Waals surface area contributed by atoms with Crippen LogP contribution in [0.5, 0.6) is 0 Å². The summed E-state index contributed by atoms with van der Waals surface area (Å²) in [4.78, 5) is 28.0. The third-order valence-electron chi connectivity index (χ3n) is 6.81. The van der Waals surface area contributed by atoms with Crippen molar-refractivity contribution in [2.24, 2.45) is 0 Å². The van der Waals surface area contributed by atoms with Gasteiger partial charge in [0.2, 0.25) is 0 Å². The molecule has 0 unspecified atom stereocenters. The van der Waals surface area contributed by atoms with Gasteiger partial charge in [-0.05, 0) is 83.1 Å². The van der Waals surface area contributed by atoms with E-state index in [9.17, 15) is 4.79 Å². The largest absolute Gasteiger partial charge is 0.343 e. The molecular formula is C28H30ClN5O. The number of H-pyrrole nitrogens is 1. The Morgan fingerprint density at radius 1 is 1.09 bits per heavy atom. The summed E-state index contributed by atoms with van der Waals surface area (Å²) in [5.41, 5.74) is 4.32. The summed E-state index contributed by atoms with van der Waals surface area (Å²) < 4.78 is 0. The van der Waals surface area contributed by atoms with Gasteiger partial charge < -0.3 is 10.3 Å². The van der Waals surface area contributed by atoms with Crippen molar-refractivity contribution in [3.8, 4) is 11.3 Å². The summed E-state index contributed by atoms with van der Waals surface area (Å²) in [5, 5.41) is 4.39. The molecule has 180 valence electrons. The third kappa shape index (κ3) is 4.95. The van der Waals surface area contributed by atoms with Crippen molar-refractivity contribution in [1.29, 1.82) is 0 Å². The number of aromatic nitrogens is 3. The van der Waals surface area contributed by atoms with Crippen molar-refractivity contribution in [3.05, 3.63) is 77.1 Å². The molecule has 1 amide bonds. The number of pyridine rings is 2. The molecule has 0 saturated carbocycles. The predicted molar refractivity (Wildman–Crippen MR) is 142 cm³/mol. The summed E-state index contributed by atoms with van der Waals surface area (Å²) >= 11 is 6.59. The molecular weight excluding hydrogens is 458 g/mol. The molecule has 1 aromatic carbocycles. The van der Waals surface area contributed by atoms with Gasteiger partial charge in [-0.25, -0.2) is 9.97 Å². The van der Waals surface area contributed by atoms with Crippen molar-refractivity contribution in [2.75, 3.05) is 18.4 Å². The average molecular weight is 488 g/mol. The average Bonchev–Trinajstić information content (AvgIpc) is 3.30. The lowest BCUT2D eigenvalue weighted by atomic mass is 9.90. The highest BCUT2D eigenvalue weighted by Crippen LogP contribution is 2.36. The number of halogens is 1. The van der Waals surface area contributed by atoms with Gasteiger partial charge in [-0.1, -0.05) is 29.8 Å².